The molecule has 0 radical (unpaired) electrons. The minimum absolute atomic E-state index is 0.293. The summed E-state index contributed by atoms with van der Waals surface area (Å²) in [5.74, 6) is -2.30. The summed E-state index contributed by atoms with van der Waals surface area (Å²) in [5.41, 5.74) is 0. The second-order valence-electron chi connectivity index (χ2n) is 4.14. The number of aromatic hydroxyl groups is 4. The summed E-state index contributed by atoms with van der Waals surface area (Å²) >= 11 is 0. The molecule has 0 aliphatic heterocycles. The average Bonchev–Trinajstić information content (AvgIpc) is 2.41. The molecule has 0 heterocycles. The maximum atomic E-state index is 9.80. The van der Waals surface area contributed by atoms with Crippen molar-refractivity contribution in [3.8, 4) is 23.0 Å². The van der Waals surface area contributed by atoms with E-state index in [1.807, 2.05) is 24.3 Å². The van der Waals surface area contributed by atoms with Crippen molar-refractivity contribution in [3.63, 3.8) is 0 Å². The van der Waals surface area contributed by atoms with E-state index in [-0.39, 0.29) is 0 Å². The average molecular weight is 242 g/mol. The van der Waals surface area contributed by atoms with E-state index in [0.717, 1.165) is 10.8 Å². The number of hydrogen-bond acceptors (Lipinski definition) is 4. The summed E-state index contributed by atoms with van der Waals surface area (Å²) < 4.78 is 0. The molecule has 0 atom stereocenters. The molecule has 0 aromatic heterocycles. The first-order chi connectivity index (χ1) is 8.59. The van der Waals surface area contributed by atoms with Gasteiger partial charge in [0.25, 0.3) is 0 Å². The van der Waals surface area contributed by atoms with Crippen LogP contribution in [0.15, 0.2) is 36.4 Å². The van der Waals surface area contributed by atoms with Crippen molar-refractivity contribution in [2.24, 2.45) is 0 Å². The van der Waals surface area contributed by atoms with Gasteiger partial charge in [-0.2, -0.15) is 0 Å². The number of phenolic OH excluding ortho intramolecular Hbond substituents is 4. The van der Waals surface area contributed by atoms with Gasteiger partial charge in [0.15, 0.2) is 11.5 Å². The van der Waals surface area contributed by atoms with E-state index in [2.05, 4.69) is 0 Å². The van der Waals surface area contributed by atoms with E-state index in [1.165, 1.54) is 0 Å². The molecular weight excluding hydrogens is 232 g/mol. The third-order valence-corrected chi connectivity index (χ3v) is 3.07. The van der Waals surface area contributed by atoms with E-state index in [4.69, 9.17) is 0 Å². The van der Waals surface area contributed by atoms with Crippen molar-refractivity contribution >= 4 is 21.5 Å². The number of rotatable bonds is 0. The van der Waals surface area contributed by atoms with Gasteiger partial charge in [-0.05, 0) is 22.9 Å². The third-order valence-electron chi connectivity index (χ3n) is 3.07. The van der Waals surface area contributed by atoms with Crippen molar-refractivity contribution in [1.29, 1.82) is 0 Å². The fourth-order valence-electron chi connectivity index (χ4n) is 2.11. The Morgan fingerprint density at radius 1 is 0.556 bits per heavy atom. The first-order valence-corrected chi connectivity index (χ1v) is 5.38. The molecule has 0 unspecified atom stereocenters. The molecule has 0 spiro atoms. The van der Waals surface area contributed by atoms with E-state index in [0.29, 0.717) is 10.8 Å². The second kappa shape index (κ2) is 3.43. The highest BCUT2D eigenvalue weighted by molar-refractivity contribution is 6.05. The fourth-order valence-corrected chi connectivity index (χ4v) is 2.11. The lowest BCUT2D eigenvalue weighted by molar-refractivity contribution is 0.351. The predicted octanol–water partition coefficient (Wildman–Crippen LogP) is 2.82. The normalized spacial score (nSPS) is 11.1. The lowest BCUT2D eigenvalue weighted by atomic mass is 10.0. The quantitative estimate of drug-likeness (QED) is 0.277. The van der Waals surface area contributed by atoms with Gasteiger partial charge >= 0.3 is 0 Å². The summed E-state index contributed by atoms with van der Waals surface area (Å²) in [7, 11) is 0. The standard InChI is InChI=1S/C14H10O4/c15-11-9-5-7-3-1-2-4-8(7)6-10(9)12(16)14(18)13(11)17/h1-6,15-18H. The van der Waals surface area contributed by atoms with E-state index >= 15 is 0 Å². The lowest BCUT2D eigenvalue weighted by Gasteiger charge is -2.10. The summed E-state index contributed by atoms with van der Waals surface area (Å²) in [6.45, 7) is 0. The number of phenols is 4. The zero-order valence-corrected chi connectivity index (χ0v) is 9.25. The van der Waals surface area contributed by atoms with Crippen LogP contribution in [-0.4, -0.2) is 20.4 Å². The molecule has 0 saturated heterocycles. The fraction of sp³-hybridized carbons (Fsp3) is 0. The van der Waals surface area contributed by atoms with Crippen LogP contribution in [0.2, 0.25) is 0 Å². The van der Waals surface area contributed by atoms with Crippen molar-refractivity contribution in [2.45, 2.75) is 0 Å². The highest BCUT2D eigenvalue weighted by atomic mass is 16.3. The van der Waals surface area contributed by atoms with Crippen molar-refractivity contribution in [3.05, 3.63) is 36.4 Å². The van der Waals surface area contributed by atoms with Crippen LogP contribution >= 0.6 is 0 Å². The molecule has 3 aromatic rings. The summed E-state index contributed by atoms with van der Waals surface area (Å²) in [5, 5.41) is 40.9. The Bertz CT molecular complexity index is 712. The first-order valence-electron chi connectivity index (χ1n) is 5.38. The van der Waals surface area contributed by atoms with Gasteiger partial charge in [-0.3, -0.25) is 0 Å². The van der Waals surface area contributed by atoms with Gasteiger partial charge < -0.3 is 20.4 Å². The van der Waals surface area contributed by atoms with Gasteiger partial charge in [0.05, 0.1) is 0 Å². The molecule has 0 aliphatic carbocycles. The molecule has 4 nitrogen and oxygen atoms in total. The molecular formula is C14H10O4. The molecule has 0 amide bonds. The molecule has 0 saturated carbocycles. The summed E-state index contributed by atoms with van der Waals surface area (Å²) in [6, 6.07) is 10.7. The van der Waals surface area contributed by atoms with Crippen LogP contribution in [0.1, 0.15) is 0 Å². The predicted molar refractivity (Wildman–Crippen MR) is 68.1 cm³/mol. The Morgan fingerprint density at radius 3 is 1.33 bits per heavy atom. The topological polar surface area (TPSA) is 80.9 Å². The highest BCUT2D eigenvalue weighted by Gasteiger charge is 2.18. The Hall–Kier alpha value is -2.62. The Labute approximate surface area is 102 Å². The van der Waals surface area contributed by atoms with Crippen LogP contribution in [0.3, 0.4) is 0 Å². The van der Waals surface area contributed by atoms with E-state index in [9.17, 15) is 20.4 Å². The van der Waals surface area contributed by atoms with Crippen molar-refractivity contribution < 1.29 is 20.4 Å². The molecule has 4 N–H and O–H groups in total. The maximum absolute atomic E-state index is 9.80. The van der Waals surface area contributed by atoms with Crippen LogP contribution in [-0.2, 0) is 0 Å². The molecule has 0 fully saturated rings. The minimum Gasteiger partial charge on any atom is -0.504 e. The van der Waals surface area contributed by atoms with Crippen molar-refractivity contribution in [2.75, 3.05) is 0 Å². The largest absolute Gasteiger partial charge is 0.504 e. The van der Waals surface area contributed by atoms with Crippen molar-refractivity contribution in [1.82, 2.24) is 0 Å². The summed E-state index contributed by atoms with van der Waals surface area (Å²) in [4.78, 5) is 0. The smallest absolute Gasteiger partial charge is 0.204 e. The molecule has 3 aromatic carbocycles. The van der Waals surface area contributed by atoms with E-state index in [1.54, 1.807) is 12.1 Å². The number of hydrogen-bond donors (Lipinski definition) is 4. The van der Waals surface area contributed by atoms with Crippen LogP contribution in [0, 0.1) is 0 Å². The number of benzene rings is 3. The Kier molecular flexibility index (Phi) is 2.01. The molecule has 3 rings (SSSR count). The molecule has 0 bridgehead atoms. The Balaban J connectivity index is 2.58. The van der Waals surface area contributed by atoms with Gasteiger partial charge in [0.2, 0.25) is 11.5 Å². The Morgan fingerprint density at radius 2 is 0.944 bits per heavy atom. The van der Waals surface area contributed by atoms with Crippen LogP contribution in [0.4, 0.5) is 0 Å². The summed E-state index contributed by atoms with van der Waals surface area (Å²) in [6.07, 6.45) is 0. The zero-order valence-electron chi connectivity index (χ0n) is 9.25. The molecule has 90 valence electrons. The SMILES string of the molecule is Oc1c(O)c(O)c2cc3ccccc3cc2c1O. The lowest BCUT2D eigenvalue weighted by Crippen LogP contribution is -1.81. The van der Waals surface area contributed by atoms with Crippen LogP contribution in [0.5, 0.6) is 23.0 Å². The van der Waals surface area contributed by atoms with Gasteiger partial charge in [-0.25, -0.2) is 0 Å². The molecule has 18 heavy (non-hydrogen) atoms. The molecule has 0 aliphatic rings. The maximum Gasteiger partial charge on any atom is 0.204 e. The monoisotopic (exact) mass is 242 g/mol. The first kappa shape index (κ1) is 10.5. The van der Waals surface area contributed by atoms with Crippen LogP contribution < -0.4 is 0 Å². The molecule has 4 heteroatoms. The minimum atomic E-state index is -0.713. The zero-order chi connectivity index (χ0) is 12.9. The van der Waals surface area contributed by atoms with Gasteiger partial charge in [0, 0.05) is 10.8 Å². The van der Waals surface area contributed by atoms with E-state index < -0.39 is 23.0 Å². The van der Waals surface area contributed by atoms with Gasteiger partial charge in [0.1, 0.15) is 0 Å². The van der Waals surface area contributed by atoms with Crippen LogP contribution in [0.25, 0.3) is 21.5 Å². The third kappa shape index (κ3) is 1.26. The highest BCUT2D eigenvalue weighted by Crippen LogP contribution is 2.49. The van der Waals surface area contributed by atoms with Gasteiger partial charge in [-0.1, -0.05) is 24.3 Å². The second-order valence-corrected chi connectivity index (χ2v) is 4.14. The van der Waals surface area contributed by atoms with Gasteiger partial charge in [-0.15, -0.1) is 0 Å². The number of fused-ring (bicyclic) bond motifs is 2.